The molecule has 0 aromatic rings. The molecular weight excluding hydrogens is 196 g/mol. The molecule has 0 aromatic heterocycles. The second kappa shape index (κ2) is 3.72. The Bertz CT molecular complexity index is 326. The highest BCUT2D eigenvalue weighted by atomic mass is 16.1. The highest BCUT2D eigenvalue weighted by Gasteiger charge is 2.50. The van der Waals surface area contributed by atoms with Gasteiger partial charge in [0.05, 0.1) is 0 Å². The SMILES string of the molecule is CC1=CC2C(CC=O)C1(C)CCCC2(C)C. The second-order valence-electron chi connectivity index (χ2n) is 6.64. The Labute approximate surface area is 99.3 Å². The third-order valence-electron chi connectivity index (χ3n) is 5.35. The number of carbonyl (C=O) groups excluding carboxylic acids is 1. The van der Waals surface area contributed by atoms with Crippen molar-refractivity contribution < 1.29 is 4.79 Å². The lowest BCUT2D eigenvalue weighted by Crippen LogP contribution is -2.32. The first kappa shape index (κ1) is 11.9. The van der Waals surface area contributed by atoms with Gasteiger partial charge in [-0.05, 0) is 42.4 Å². The van der Waals surface area contributed by atoms with Crippen LogP contribution in [0.1, 0.15) is 53.4 Å². The zero-order valence-corrected chi connectivity index (χ0v) is 11.0. The predicted molar refractivity (Wildman–Crippen MR) is 67.2 cm³/mol. The van der Waals surface area contributed by atoms with Gasteiger partial charge in [0, 0.05) is 6.42 Å². The molecule has 0 N–H and O–H groups in total. The van der Waals surface area contributed by atoms with Gasteiger partial charge in [0.15, 0.2) is 0 Å². The summed E-state index contributed by atoms with van der Waals surface area (Å²) in [5, 5.41) is 0. The molecular formula is C15H24O. The summed E-state index contributed by atoms with van der Waals surface area (Å²) in [4.78, 5) is 10.9. The van der Waals surface area contributed by atoms with Crippen molar-refractivity contribution >= 4 is 6.29 Å². The van der Waals surface area contributed by atoms with Crippen molar-refractivity contribution in [2.24, 2.45) is 22.7 Å². The Kier molecular flexibility index (Phi) is 2.76. The van der Waals surface area contributed by atoms with E-state index in [-0.39, 0.29) is 0 Å². The Balaban J connectivity index is 2.42. The summed E-state index contributed by atoms with van der Waals surface area (Å²) in [6.45, 7) is 9.38. The zero-order valence-electron chi connectivity index (χ0n) is 11.0. The van der Waals surface area contributed by atoms with Crippen LogP contribution in [0.5, 0.6) is 0 Å². The monoisotopic (exact) mass is 220 g/mol. The molecule has 1 saturated carbocycles. The van der Waals surface area contributed by atoms with Gasteiger partial charge >= 0.3 is 0 Å². The Morgan fingerprint density at radius 1 is 1.38 bits per heavy atom. The molecule has 0 aromatic carbocycles. The van der Waals surface area contributed by atoms with Crippen molar-refractivity contribution in [1.82, 2.24) is 0 Å². The summed E-state index contributed by atoms with van der Waals surface area (Å²) in [5.74, 6) is 1.15. The maximum atomic E-state index is 10.9. The first-order valence-electron chi connectivity index (χ1n) is 6.54. The molecule has 0 spiro atoms. The van der Waals surface area contributed by atoms with Crippen LogP contribution in [-0.4, -0.2) is 6.29 Å². The van der Waals surface area contributed by atoms with Crippen molar-refractivity contribution in [1.29, 1.82) is 0 Å². The molecule has 2 aliphatic carbocycles. The fourth-order valence-corrected chi connectivity index (χ4v) is 4.01. The molecule has 1 heteroatoms. The van der Waals surface area contributed by atoms with E-state index in [4.69, 9.17) is 0 Å². The van der Waals surface area contributed by atoms with Gasteiger partial charge in [0.25, 0.3) is 0 Å². The van der Waals surface area contributed by atoms with E-state index in [1.165, 1.54) is 24.8 Å². The zero-order chi connectivity index (χ0) is 12.0. The molecule has 90 valence electrons. The van der Waals surface area contributed by atoms with Gasteiger partial charge in [0.1, 0.15) is 6.29 Å². The third-order valence-corrected chi connectivity index (χ3v) is 5.35. The van der Waals surface area contributed by atoms with Crippen LogP contribution in [0.25, 0.3) is 0 Å². The fraction of sp³-hybridized carbons (Fsp3) is 0.800. The summed E-state index contributed by atoms with van der Waals surface area (Å²) in [5.41, 5.74) is 2.18. The number of aldehydes is 1. The lowest BCUT2D eigenvalue weighted by Gasteiger charge is -2.37. The van der Waals surface area contributed by atoms with Crippen LogP contribution >= 0.6 is 0 Å². The van der Waals surface area contributed by atoms with Crippen LogP contribution in [0.2, 0.25) is 0 Å². The average Bonchev–Trinajstić information content (AvgIpc) is 2.38. The lowest BCUT2D eigenvalue weighted by atomic mass is 9.66. The van der Waals surface area contributed by atoms with E-state index < -0.39 is 0 Å². The number of hydrogen-bond donors (Lipinski definition) is 0. The van der Waals surface area contributed by atoms with E-state index in [0.29, 0.717) is 22.7 Å². The van der Waals surface area contributed by atoms with Crippen LogP contribution in [0.15, 0.2) is 11.6 Å². The maximum absolute atomic E-state index is 10.9. The van der Waals surface area contributed by atoms with Crippen molar-refractivity contribution in [3.05, 3.63) is 11.6 Å². The smallest absolute Gasteiger partial charge is 0.120 e. The molecule has 16 heavy (non-hydrogen) atoms. The molecule has 0 radical (unpaired) electrons. The van der Waals surface area contributed by atoms with Gasteiger partial charge in [-0.15, -0.1) is 0 Å². The average molecular weight is 220 g/mol. The standard InChI is InChI=1S/C15H24O/c1-11-10-13-12(6-9-16)15(11,4)8-5-7-14(13,2)3/h9-10,12-13H,5-8H2,1-4H3. The number of carbonyl (C=O) groups is 1. The van der Waals surface area contributed by atoms with Gasteiger partial charge < -0.3 is 4.79 Å². The molecule has 2 bridgehead atoms. The minimum atomic E-state index is 0.291. The minimum Gasteiger partial charge on any atom is -0.303 e. The van der Waals surface area contributed by atoms with Gasteiger partial charge in [0.2, 0.25) is 0 Å². The molecule has 0 heterocycles. The van der Waals surface area contributed by atoms with E-state index in [0.717, 1.165) is 12.7 Å². The largest absolute Gasteiger partial charge is 0.303 e. The minimum absolute atomic E-state index is 0.291. The van der Waals surface area contributed by atoms with E-state index in [9.17, 15) is 4.79 Å². The molecule has 0 amide bonds. The van der Waals surface area contributed by atoms with E-state index in [1.54, 1.807) is 0 Å². The number of allylic oxidation sites excluding steroid dienone is 2. The summed E-state index contributed by atoms with van der Waals surface area (Å²) in [7, 11) is 0. The van der Waals surface area contributed by atoms with Crippen molar-refractivity contribution in [2.75, 3.05) is 0 Å². The van der Waals surface area contributed by atoms with Crippen molar-refractivity contribution in [2.45, 2.75) is 53.4 Å². The van der Waals surface area contributed by atoms with Gasteiger partial charge in [-0.3, -0.25) is 0 Å². The predicted octanol–water partition coefficient (Wildman–Crippen LogP) is 3.98. The highest BCUT2D eigenvalue weighted by molar-refractivity contribution is 5.51. The first-order chi connectivity index (χ1) is 7.42. The van der Waals surface area contributed by atoms with Crippen LogP contribution in [0, 0.1) is 22.7 Å². The summed E-state index contributed by atoms with van der Waals surface area (Å²) >= 11 is 0. The van der Waals surface area contributed by atoms with Crippen molar-refractivity contribution in [3.8, 4) is 0 Å². The molecule has 2 aliphatic rings. The van der Waals surface area contributed by atoms with Crippen LogP contribution in [-0.2, 0) is 4.79 Å². The Hall–Kier alpha value is -0.590. The van der Waals surface area contributed by atoms with E-state index >= 15 is 0 Å². The van der Waals surface area contributed by atoms with Crippen LogP contribution < -0.4 is 0 Å². The molecule has 1 nitrogen and oxygen atoms in total. The molecule has 1 fully saturated rings. The Morgan fingerprint density at radius 2 is 2.06 bits per heavy atom. The fourth-order valence-electron chi connectivity index (χ4n) is 4.01. The van der Waals surface area contributed by atoms with Gasteiger partial charge in [-0.1, -0.05) is 38.8 Å². The van der Waals surface area contributed by atoms with E-state index in [2.05, 4.69) is 33.8 Å². The molecule has 3 atom stereocenters. The van der Waals surface area contributed by atoms with Gasteiger partial charge in [-0.25, -0.2) is 0 Å². The highest BCUT2D eigenvalue weighted by Crippen LogP contribution is 2.59. The Morgan fingerprint density at radius 3 is 2.69 bits per heavy atom. The summed E-state index contributed by atoms with van der Waals surface area (Å²) in [6.07, 6.45) is 8.19. The first-order valence-corrected chi connectivity index (χ1v) is 6.54. The molecule has 2 rings (SSSR count). The molecule has 0 saturated heterocycles. The van der Waals surface area contributed by atoms with Gasteiger partial charge in [-0.2, -0.15) is 0 Å². The lowest BCUT2D eigenvalue weighted by molar-refractivity contribution is -0.109. The number of hydrogen-bond acceptors (Lipinski definition) is 1. The topological polar surface area (TPSA) is 17.1 Å². The normalized spacial score (nSPS) is 41.4. The van der Waals surface area contributed by atoms with Crippen molar-refractivity contribution in [3.63, 3.8) is 0 Å². The second-order valence-corrected chi connectivity index (χ2v) is 6.64. The molecule has 3 unspecified atom stereocenters. The third kappa shape index (κ3) is 1.56. The van der Waals surface area contributed by atoms with E-state index in [1.807, 2.05) is 0 Å². The number of fused-ring (bicyclic) bond motifs is 2. The quantitative estimate of drug-likeness (QED) is 0.508. The summed E-state index contributed by atoms with van der Waals surface area (Å²) < 4.78 is 0. The summed E-state index contributed by atoms with van der Waals surface area (Å²) in [6, 6.07) is 0. The maximum Gasteiger partial charge on any atom is 0.120 e. The number of rotatable bonds is 2. The molecule has 0 aliphatic heterocycles. The van der Waals surface area contributed by atoms with Crippen LogP contribution in [0.3, 0.4) is 0 Å². The van der Waals surface area contributed by atoms with Crippen LogP contribution in [0.4, 0.5) is 0 Å².